The number of rotatable bonds is 6. The first-order valence-corrected chi connectivity index (χ1v) is 9.01. The van der Waals surface area contributed by atoms with E-state index < -0.39 is 0 Å². The van der Waals surface area contributed by atoms with Crippen LogP contribution in [0.4, 0.5) is 0 Å². The van der Waals surface area contributed by atoms with Crippen LogP contribution in [0.2, 0.25) is 0 Å². The summed E-state index contributed by atoms with van der Waals surface area (Å²) in [6.07, 6.45) is 3.69. The molecule has 8 nitrogen and oxygen atoms in total. The van der Waals surface area contributed by atoms with Crippen LogP contribution < -0.4 is 10.6 Å². The molecule has 138 valence electrons. The first kappa shape index (κ1) is 17.9. The number of carbonyl (C=O) groups is 1. The summed E-state index contributed by atoms with van der Waals surface area (Å²) in [4.78, 5) is 22.8. The Labute approximate surface area is 153 Å². The van der Waals surface area contributed by atoms with E-state index in [1.54, 1.807) is 0 Å². The van der Waals surface area contributed by atoms with Gasteiger partial charge in [-0.25, -0.2) is 9.98 Å². The smallest absolute Gasteiger partial charge is 0.241 e. The quantitative estimate of drug-likeness (QED) is 0.533. The van der Waals surface area contributed by atoms with Crippen molar-refractivity contribution in [2.24, 2.45) is 4.99 Å². The number of guanidine groups is 1. The molecule has 26 heavy (non-hydrogen) atoms. The lowest BCUT2D eigenvalue weighted by Gasteiger charge is -2.17. The molecule has 3 N–H and O–H groups in total. The average molecular weight is 355 g/mol. The Balaban J connectivity index is 1.60. The fourth-order valence-corrected chi connectivity index (χ4v) is 2.91. The number of hydrogen-bond donors (Lipinski definition) is 3. The van der Waals surface area contributed by atoms with Gasteiger partial charge >= 0.3 is 0 Å². The van der Waals surface area contributed by atoms with Gasteiger partial charge in [0.05, 0.1) is 13.1 Å². The van der Waals surface area contributed by atoms with Gasteiger partial charge < -0.3 is 15.5 Å². The third kappa shape index (κ3) is 4.81. The summed E-state index contributed by atoms with van der Waals surface area (Å²) >= 11 is 0. The van der Waals surface area contributed by atoms with E-state index >= 15 is 0 Å². The van der Waals surface area contributed by atoms with E-state index in [1.807, 2.05) is 36.1 Å². The zero-order valence-electron chi connectivity index (χ0n) is 15.0. The highest BCUT2D eigenvalue weighted by molar-refractivity contribution is 5.86. The molecule has 1 saturated heterocycles. The highest BCUT2D eigenvalue weighted by Gasteiger charge is 2.17. The lowest BCUT2D eigenvalue weighted by atomic mass is 10.1. The molecule has 0 atom stereocenters. The summed E-state index contributed by atoms with van der Waals surface area (Å²) in [6, 6.07) is 8.00. The Morgan fingerprint density at radius 2 is 2.15 bits per heavy atom. The van der Waals surface area contributed by atoms with Crippen molar-refractivity contribution in [1.29, 1.82) is 0 Å². The van der Waals surface area contributed by atoms with Gasteiger partial charge in [0.15, 0.2) is 11.8 Å². The molecular formula is C18H25N7O. The monoisotopic (exact) mass is 355 g/mol. The number of aliphatic imine (C=N–C) groups is 1. The van der Waals surface area contributed by atoms with E-state index in [9.17, 15) is 4.79 Å². The van der Waals surface area contributed by atoms with Crippen molar-refractivity contribution in [3.05, 3.63) is 36.2 Å². The molecule has 0 aliphatic carbocycles. The average Bonchev–Trinajstić information content (AvgIpc) is 3.38. The lowest BCUT2D eigenvalue weighted by Crippen LogP contribution is -2.44. The first-order chi connectivity index (χ1) is 12.8. The van der Waals surface area contributed by atoms with Gasteiger partial charge in [0, 0.05) is 25.2 Å². The number of H-pyrrole nitrogens is 1. The van der Waals surface area contributed by atoms with E-state index in [0.29, 0.717) is 12.5 Å². The number of nitrogens with one attached hydrogen (secondary N) is 3. The summed E-state index contributed by atoms with van der Waals surface area (Å²) in [5.41, 5.74) is 2.03. The zero-order valence-corrected chi connectivity index (χ0v) is 15.0. The predicted molar refractivity (Wildman–Crippen MR) is 100 cm³/mol. The molecule has 1 fully saturated rings. The van der Waals surface area contributed by atoms with Crippen LogP contribution >= 0.6 is 0 Å². The van der Waals surface area contributed by atoms with Crippen molar-refractivity contribution in [1.82, 2.24) is 30.7 Å². The van der Waals surface area contributed by atoms with Crippen LogP contribution in [0.3, 0.4) is 0 Å². The zero-order chi connectivity index (χ0) is 18.2. The number of aromatic nitrogens is 3. The van der Waals surface area contributed by atoms with Crippen LogP contribution in [0.5, 0.6) is 0 Å². The van der Waals surface area contributed by atoms with Gasteiger partial charge in [0.1, 0.15) is 6.33 Å². The number of amides is 1. The molecule has 1 aromatic carbocycles. The van der Waals surface area contributed by atoms with E-state index in [0.717, 1.165) is 49.4 Å². The third-order valence-corrected chi connectivity index (χ3v) is 4.25. The molecular weight excluding hydrogens is 330 g/mol. The number of aromatic amines is 1. The SMILES string of the molecule is CCNC(=NCc1cccc(-c2ncn[nH]2)c1)NCC(=O)N1CCCC1. The third-order valence-electron chi connectivity index (χ3n) is 4.25. The number of nitrogens with zero attached hydrogens (tertiary/aromatic N) is 4. The van der Waals surface area contributed by atoms with E-state index in [2.05, 4.69) is 30.8 Å². The molecule has 0 spiro atoms. The number of benzene rings is 1. The Morgan fingerprint density at radius 3 is 2.88 bits per heavy atom. The van der Waals surface area contributed by atoms with Gasteiger partial charge in [-0.2, -0.15) is 5.10 Å². The summed E-state index contributed by atoms with van der Waals surface area (Å²) in [6.45, 7) is 5.25. The summed E-state index contributed by atoms with van der Waals surface area (Å²) < 4.78 is 0. The molecule has 1 aliphatic heterocycles. The van der Waals surface area contributed by atoms with E-state index in [1.165, 1.54) is 6.33 Å². The fourth-order valence-electron chi connectivity index (χ4n) is 2.91. The topological polar surface area (TPSA) is 98.3 Å². The Bertz CT molecular complexity index is 736. The summed E-state index contributed by atoms with van der Waals surface area (Å²) in [5.74, 6) is 1.50. The Hall–Kier alpha value is -2.90. The van der Waals surface area contributed by atoms with Crippen LogP contribution in [0, 0.1) is 0 Å². The standard InChI is InChI=1S/C18H25N7O/c1-2-19-18(21-12-16(26)25-8-3-4-9-25)20-11-14-6-5-7-15(10-14)17-22-13-23-24-17/h5-7,10,13H,2-4,8-9,11-12H2,1H3,(H2,19,20,21)(H,22,23,24). The molecule has 8 heteroatoms. The maximum absolute atomic E-state index is 12.2. The van der Waals surface area contributed by atoms with Gasteiger partial charge in [0.2, 0.25) is 5.91 Å². The van der Waals surface area contributed by atoms with Crippen molar-refractivity contribution >= 4 is 11.9 Å². The second kappa shape index (κ2) is 8.98. The molecule has 1 amide bonds. The van der Waals surface area contributed by atoms with Crippen molar-refractivity contribution in [3.8, 4) is 11.4 Å². The van der Waals surface area contributed by atoms with Gasteiger partial charge in [0.25, 0.3) is 0 Å². The Kier molecular flexibility index (Phi) is 6.19. The maximum Gasteiger partial charge on any atom is 0.241 e. The first-order valence-electron chi connectivity index (χ1n) is 9.01. The van der Waals surface area contributed by atoms with Crippen molar-refractivity contribution in [2.45, 2.75) is 26.3 Å². The van der Waals surface area contributed by atoms with Crippen molar-refractivity contribution in [2.75, 3.05) is 26.2 Å². The number of likely N-dealkylation sites (tertiary alicyclic amines) is 1. The minimum Gasteiger partial charge on any atom is -0.357 e. The largest absolute Gasteiger partial charge is 0.357 e. The molecule has 2 heterocycles. The summed E-state index contributed by atoms with van der Waals surface area (Å²) in [5, 5.41) is 13.1. The predicted octanol–water partition coefficient (Wildman–Crippen LogP) is 1.15. The van der Waals surface area contributed by atoms with Crippen LogP contribution in [0.15, 0.2) is 35.6 Å². The maximum atomic E-state index is 12.2. The van der Waals surface area contributed by atoms with Crippen molar-refractivity contribution in [3.63, 3.8) is 0 Å². The van der Waals surface area contributed by atoms with Gasteiger partial charge in [-0.05, 0) is 31.4 Å². The van der Waals surface area contributed by atoms with Gasteiger partial charge in [-0.15, -0.1) is 0 Å². The second-order valence-electron chi connectivity index (χ2n) is 6.17. The molecule has 1 aromatic heterocycles. The Morgan fingerprint density at radius 1 is 1.31 bits per heavy atom. The molecule has 0 unspecified atom stereocenters. The van der Waals surface area contributed by atoms with Crippen LogP contribution in [0.25, 0.3) is 11.4 Å². The van der Waals surface area contributed by atoms with Crippen LogP contribution in [-0.4, -0.2) is 58.1 Å². The van der Waals surface area contributed by atoms with E-state index in [-0.39, 0.29) is 12.5 Å². The molecule has 0 saturated carbocycles. The minimum atomic E-state index is 0.125. The van der Waals surface area contributed by atoms with Gasteiger partial charge in [-0.1, -0.05) is 18.2 Å². The fraction of sp³-hybridized carbons (Fsp3) is 0.444. The molecule has 0 radical (unpaired) electrons. The van der Waals surface area contributed by atoms with E-state index in [4.69, 9.17) is 0 Å². The van der Waals surface area contributed by atoms with Gasteiger partial charge in [-0.3, -0.25) is 9.89 Å². The highest BCUT2D eigenvalue weighted by atomic mass is 16.2. The number of carbonyl (C=O) groups excluding carboxylic acids is 1. The molecule has 3 rings (SSSR count). The summed E-state index contributed by atoms with van der Waals surface area (Å²) in [7, 11) is 0. The minimum absolute atomic E-state index is 0.125. The molecule has 0 bridgehead atoms. The normalized spacial score (nSPS) is 14.5. The second-order valence-corrected chi connectivity index (χ2v) is 6.17. The highest BCUT2D eigenvalue weighted by Crippen LogP contribution is 2.15. The van der Waals surface area contributed by atoms with Crippen molar-refractivity contribution < 1.29 is 4.79 Å². The number of hydrogen-bond acceptors (Lipinski definition) is 4. The molecule has 2 aromatic rings. The molecule has 1 aliphatic rings. The lowest BCUT2D eigenvalue weighted by molar-refractivity contribution is -0.128. The van der Waals surface area contributed by atoms with Crippen LogP contribution in [-0.2, 0) is 11.3 Å². The van der Waals surface area contributed by atoms with Crippen LogP contribution in [0.1, 0.15) is 25.3 Å².